The first-order chi connectivity index (χ1) is 10.9. The van der Waals surface area contributed by atoms with Gasteiger partial charge in [0.25, 0.3) is 0 Å². The molecule has 0 spiro atoms. The highest BCUT2D eigenvalue weighted by Gasteiger charge is 2.37. The van der Waals surface area contributed by atoms with Gasteiger partial charge in [-0.3, -0.25) is 0 Å². The monoisotopic (exact) mass is 409 g/mol. The molecule has 0 saturated carbocycles. The van der Waals surface area contributed by atoms with Crippen LogP contribution in [0, 0.1) is 5.82 Å². The molecule has 0 aliphatic rings. The number of pyridine rings is 2. The summed E-state index contributed by atoms with van der Waals surface area (Å²) >= 11 is 5.48. The molecule has 0 aliphatic heterocycles. The molecular weight excluding hydrogens is 402 g/mol. The van der Waals surface area contributed by atoms with Crippen LogP contribution in [0.3, 0.4) is 0 Å². The average molecular weight is 410 g/mol. The van der Waals surface area contributed by atoms with Gasteiger partial charge in [-0.1, -0.05) is 11.6 Å². The van der Waals surface area contributed by atoms with Crippen molar-refractivity contribution in [3.8, 4) is 0 Å². The van der Waals surface area contributed by atoms with E-state index in [9.17, 15) is 30.7 Å². The third-order valence-corrected chi connectivity index (χ3v) is 3.23. The van der Waals surface area contributed by atoms with Crippen LogP contribution < -0.4 is 5.73 Å². The van der Waals surface area contributed by atoms with Crippen molar-refractivity contribution in [2.75, 3.05) is 0 Å². The van der Waals surface area contributed by atoms with Gasteiger partial charge in [0, 0.05) is 6.20 Å². The Bertz CT molecular complexity index is 762. The van der Waals surface area contributed by atoms with Crippen LogP contribution in [0.15, 0.2) is 24.4 Å². The Balaban J connectivity index is 0.00000312. The second-order valence-corrected chi connectivity index (χ2v) is 5.05. The van der Waals surface area contributed by atoms with Crippen molar-refractivity contribution < 1.29 is 30.7 Å². The topological polar surface area (TPSA) is 51.8 Å². The molecular formula is C13H8Cl2F7N3. The number of rotatable bonds is 2. The quantitative estimate of drug-likeness (QED) is 0.726. The minimum atomic E-state index is -5.05. The first-order valence-corrected chi connectivity index (χ1v) is 6.51. The molecule has 2 aromatic heterocycles. The Morgan fingerprint density at radius 3 is 2.04 bits per heavy atom. The van der Waals surface area contributed by atoms with Crippen molar-refractivity contribution >= 4 is 24.0 Å². The van der Waals surface area contributed by atoms with Crippen LogP contribution in [0.4, 0.5) is 30.7 Å². The molecule has 2 aromatic rings. The molecule has 25 heavy (non-hydrogen) atoms. The zero-order valence-electron chi connectivity index (χ0n) is 11.8. The zero-order valence-corrected chi connectivity index (χ0v) is 13.4. The Hall–Kier alpha value is -1.65. The summed E-state index contributed by atoms with van der Waals surface area (Å²) in [6.45, 7) is 0. The maximum atomic E-state index is 13.2. The van der Waals surface area contributed by atoms with Crippen LogP contribution in [-0.2, 0) is 12.4 Å². The van der Waals surface area contributed by atoms with Gasteiger partial charge in [-0.15, -0.1) is 12.4 Å². The van der Waals surface area contributed by atoms with E-state index >= 15 is 0 Å². The highest BCUT2D eigenvalue weighted by atomic mass is 35.5. The molecule has 1 atom stereocenters. The van der Waals surface area contributed by atoms with E-state index < -0.39 is 46.3 Å². The van der Waals surface area contributed by atoms with Crippen LogP contribution in [0.5, 0.6) is 0 Å². The van der Waals surface area contributed by atoms with Crippen LogP contribution in [0.1, 0.15) is 28.7 Å². The number of hydrogen-bond acceptors (Lipinski definition) is 3. The minimum Gasteiger partial charge on any atom is -0.319 e. The van der Waals surface area contributed by atoms with Crippen LogP contribution in [-0.4, -0.2) is 9.97 Å². The van der Waals surface area contributed by atoms with Gasteiger partial charge in [0.15, 0.2) is 17.2 Å². The lowest BCUT2D eigenvalue weighted by atomic mass is 10.1. The lowest BCUT2D eigenvalue weighted by Gasteiger charge is -2.16. The fraction of sp³-hybridized carbons (Fsp3) is 0.231. The first kappa shape index (κ1) is 21.4. The second kappa shape index (κ2) is 7.30. The Kier molecular flexibility index (Phi) is 6.25. The van der Waals surface area contributed by atoms with E-state index in [2.05, 4.69) is 9.97 Å². The molecule has 0 bridgehead atoms. The van der Waals surface area contributed by atoms with E-state index in [1.54, 1.807) is 0 Å². The fourth-order valence-electron chi connectivity index (χ4n) is 1.83. The highest BCUT2D eigenvalue weighted by molar-refractivity contribution is 6.31. The summed E-state index contributed by atoms with van der Waals surface area (Å²) in [5, 5.41) is -0.770. The van der Waals surface area contributed by atoms with E-state index in [1.165, 1.54) is 0 Å². The number of nitrogens with two attached hydrogens (primary N) is 1. The normalized spacial score (nSPS) is 13.3. The molecule has 0 aromatic carbocycles. The van der Waals surface area contributed by atoms with Gasteiger partial charge in [-0.2, -0.15) is 26.3 Å². The third kappa shape index (κ3) is 4.71. The largest absolute Gasteiger partial charge is 0.436 e. The fourth-order valence-corrected chi connectivity index (χ4v) is 2.11. The third-order valence-electron chi connectivity index (χ3n) is 2.94. The van der Waals surface area contributed by atoms with Gasteiger partial charge in [0.2, 0.25) is 0 Å². The first-order valence-electron chi connectivity index (χ1n) is 6.13. The number of aromatic nitrogens is 2. The van der Waals surface area contributed by atoms with E-state index in [4.69, 9.17) is 17.3 Å². The molecule has 138 valence electrons. The molecule has 0 fully saturated rings. The van der Waals surface area contributed by atoms with E-state index in [1.807, 2.05) is 0 Å². The predicted octanol–water partition coefficient (Wildman–Crippen LogP) is 4.78. The minimum absolute atomic E-state index is 0. The van der Waals surface area contributed by atoms with E-state index in [-0.39, 0.29) is 18.0 Å². The number of nitrogens with zero attached hydrogens (tertiary/aromatic N) is 2. The summed E-state index contributed by atoms with van der Waals surface area (Å²) in [5.41, 5.74) is 2.03. The Morgan fingerprint density at radius 2 is 1.56 bits per heavy atom. The van der Waals surface area contributed by atoms with Crippen molar-refractivity contribution in [3.63, 3.8) is 0 Å². The predicted molar refractivity (Wildman–Crippen MR) is 76.7 cm³/mol. The highest BCUT2D eigenvalue weighted by Crippen LogP contribution is 2.35. The molecule has 2 N–H and O–H groups in total. The van der Waals surface area contributed by atoms with Crippen LogP contribution in [0.25, 0.3) is 0 Å². The molecule has 12 heteroatoms. The lowest BCUT2D eigenvalue weighted by Crippen LogP contribution is -2.19. The van der Waals surface area contributed by atoms with Crippen LogP contribution >= 0.6 is 24.0 Å². The summed E-state index contributed by atoms with van der Waals surface area (Å²) in [6.07, 6.45) is -9.12. The summed E-state index contributed by atoms with van der Waals surface area (Å²) in [7, 11) is 0. The van der Waals surface area contributed by atoms with Gasteiger partial charge in [0.05, 0.1) is 16.8 Å². The molecule has 0 amide bonds. The standard InChI is InChI=1S/C13H7ClF7N3.ClH/c14-6-3-5(4-23-10(6)12(16,17)18)9(22)8-2-1-7(15)11(24-8)13(19,20)21;/h1-4,9H,22H2;1H. The molecule has 2 heterocycles. The van der Waals surface area contributed by atoms with Crippen molar-refractivity contribution in [3.05, 3.63) is 57.9 Å². The molecule has 2 rings (SSSR count). The zero-order chi connectivity index (χ0) is 18.3. The van der Waals surface area contributed by atoms with Crippen molar-refractivity contribution in [1.82, 2.24) is 9.97 Å². The molecule has 3 nitrogen and oxygen atoms in total. The van der Waals surface area contributed by atoms with E-state index in [0.29, 0.717) is 6.07 Å². The lowest BCUT2D eigenvalue weighted by molar-refractivity contribution is -0.144. The molecule has 0 radical (unpaired) electrons. The summed E-state index contributed by atoms with van der Waals surface area (Å²) in [6, 6.07) is 0.852. The number of hydrogen-bond donors (Lipinski definition) is 1. The average Bonchev–Trinajstić information content (AvgIpc) is 2.44. The Morgan fingerprint density at radius 1 is 1.00 bits per heavy atom. The number of halogens is 9. The van der Waals surface area contributed by atoms with Crippen molar-refractivity contribution in [2.24, 2.45) is 5.73 Å². The summed E-state index contributed by atoms with van der Waals surface area (Å²) < 4.78 is 88.8. The number of alkyl halides is 6. The second-order valence-electron chi connectivity index (χ2n) is 4.64. The van der Waals surface area contributed by atoms with Crippen molar-refractivity contribution in [1.29, 1.82) is 0 Å². The van der Waals surface area contributed by atoms with Gasteiger partial charge in [-0.05, 0) is 23.8 Å². The summed E-state index contributed by atoms with van der Waals surface area (Å²) in [4.78, 5) is 6.23. The smallest absolute Gasteiger partial charge is 0.319 e. The van der Waals surface area contributed by atoms with Crippen molar-refractivity contribution in [2.45, 2.75) is 18.4 Å². The SMILES string of the molecule is Cl.NC(c1cnc(C(F)(F)F)c(Cl)c1)c1ccc(F)c(C(F)(F)F)n1. The maximum Gasteiger partial charge on any atom is 0.436 e. The molecule has 0 saturated heterocycles. The van der Waals surface area contributed by atoms with Gasteiger partial charge < -0.3 is 5.73 Å². The Labute approximate surface area is 147 Å². The molecule has 1 unspecified atom stereocenters. The van der Waals surface area contributed by atoms with E-state index in [0.717, 1.165) is 18.3 Å². The summed E-state index contributed by atoms with van der Waals surface area (Å²) in [5.74, 6) is -1.60. The van der Waals surface area contributed by atoms with Gasteiger partial charge in [-0.25, -0.2) is 14.4 Å². The van der Waals surface area contributed by atoms with Gasteiger partial charge in [0.1, 0.15) is 0 Å². The van der Waals surface area contributed by atoms with Crippen LogP contribution in [0.2, 0.25) is 5.02 Å². The van der Waals surface area contributed by atoms with Gasteiger partial charge >= 0.3 is 12.4 Å². The maximum absolute atomic E-state index is 13.2. The molecule has 0 aliphatic carbocycles.